The topological polar surface area (TPSA) is 23.5 Å². The van der Waals surface area contributed by atoms with Crippen LogP contribution in [-0.2, 0) is 0 Å². The van der Waals surface area contributed by atoms with Gasteiger partial charge in [-0.15, -0.1) is 0 Å². The van der Waals surface area contributed by atoms with E-state index in [1.807, 2.05) is 14.0 Å². The summed E-state index contributed by atoms with van der Waals surface area (Å²) in [6.45, 7) is 4.65. The van der Waals surface area contributed by atoms with Crippen molar-refractivity contribution in [1.29, 1.82) is 0 Å². The van der Waals surface area contributed by atoms with Gasteiger partial charge in [0.1, 0.15) is 5.82 Å². The molecule has 2 unspecified atom stereocenters. The zero-order valence-electron chi connectivity index (χ0n) is 11.4. The van der Waals surface area contributed by atoms with Gasteiger partial charge in [-0.1, -0.05) is 6.07 Å². The van der Waals surface area contributed by atoms with Crippen molar-refractivity contribution in [2.45, 2.75) is 38.8 Å². The highest BCUT2D eigenvalue weighted by Crippen LogP contribution is 2.35. The average Bonchev–Trinajstić information content (AvgIpc) is 3.11. The van der Waals surface area contributed by atoms with Crippen LogP contribution in [-0.4, -0.2) is 29.6 Å². The van der Waals surface area contributed by atoms with E-state index in [9.17, 15) is 9.50 Å². The van der Waals surface area contributed by atoms with Gasteiger partial charge >= 0.3 is 0 Å². The largest absolute Gasteiger partial charge is 0.387 e. The second-order valence-corrected chi connectivity index (χ2v) is 5.53. The summed E-state index contributed by atoms with van der Waals surface area (Å²) in [5, 5.41) is 10.2. The highest BCUT2D eigenvalue weighted by atomic mass is 19.1. The summed E-state index contributed by atoms with van der Waals surface area (Å²) in [4.78, 5) is 2.20. The van der Waals surface area contributed by atoms with E-state index in [1.165, 1.54) is 25.0 Å². The third-order valence-electron chi connectivity index (χ3n) is 4.05. The number of nitrogens with zero attached hydrogens (tertiary/aromatic N) is 1. The van der Waals surface area contributed by atoms with Crippen molar-refractivity contribution in [3.05, 3.63) is 35.1 Å². The second-order valence-electron chi connectivity index (χ2n) is 5.53. The van der Waals surface area contributed by atoms with Crippen molar-refractivity contribution >= 4 is 0 Å². The first-order valence-corrected chi connectivity index (χ1v) is 6.63. The molecule has 2 rings (SSSR count). The smallest absolute Gasteiger partial charge is 0.123 e. The van der Waals surface area contributed by atoms with Crippen molar-refractivity contribution in [2.75, 3.05) is 13.6 Å². The number of rotatable bonds is 5. The Bertz CT molecular complexity index is 417. The van der Waals surface area contributed by atoms with Crippen LogP contribution >= 0.6 is 0 Å². The molecule has 100 valence electrons. The zero-order chi connectivity index (χ0) is 13.3. The van der Waals surface area contributed by atoms with E-state index >= 15 is 0 Å². The maximum atomic E-state index is 13.0. The van der Waals surface area contributed by atoms with Gasteiger partial charge < -0.3 is 10.0 Å². The number of likely N-dealkylation sites (N-methyl/N-ethyl adjacent to an activating group) is 1. The summed E-state index contributed by atoms with van der Waals surface area (Å²) in [7, 11) is 2.05. The van der Waals surface area contributed by atoms with Gasteiger partial charge in [-0.25, -0.2) is 4.39 Å². The molecule has 1 saturated carbocycles. The predicted octanol–water partition coefficient (Wildman–Crippen LogP) is 2.90. The molecule has 1 aromatic rings. The zero-order valence-corrected chi connectivity index (χ0v) is 11.4. The van der Waals surface area contributed by atoms with Crippen LogP contribution in [0.5, 0.6) is 0 Å². The van der Waals surface area contributed by atoms with E-state index in [-0.39, 0.29) is 5.82 Å². The third kappa shape index (κ3) is 3.09. The third-order valence-corrected chi connectivity index (χ3v) is 4.05. The standard InChI is InChI=1S/C15H22FNO/c1-10-8-13(16)6-7-14(10)15(18)9-17(3)11(2)12-4-5-12/h6-8,11-12,15,18H,4-5,9H2,1-3H3. The first-order chi connectivity index (χ1) is 8.49. The van der Waals surface area contributed by atoms with E-state index < -0.39 is 6.10 Å². The molecule has 2 nitrogen and oxygen atoms in total. The fraction of sp³-hybridized carbons (Fsp3) is 0.600. The molecule has 3 heteroatoms. The van der Waals surface area contributed by atoms with Gasteiger partial charge in [0.15, 0.2) is 0 Å². The molecule has 1 fully saturated rings. The van der Waals surface area contributed by atoms with E-state index in [2.05, 4.69) is 11.8 Å². The van der Waals surface area contributed by atoms with E-state index in [0.29, 0.717) is 12.6 Å². The lowest BCUT2D eigenvalue weighted by atomic mass is 10.0. The quantitative estimate of drug-likeness (QED) is 0.869. The van der Waals surface area contributed by atoms with Crippen molar-refractivity contribution in [1.82, 2.24) is 4.90 Å². The van der Waals surface area contributed by atoms with Gasteiger partial charge in [0, 0.05) is 12.6 Å². The fourth-order valence-electron chi connectivity index (χ4n) is 2.49. The lowest BCUT2D eigenvalue weighted by molar-refractivity contribution is 0.102. The van der Waals surface area contributed by atoms with Crippen molar-refractivity contribution in [3.8, 4) is 0 Å². The SMILES string of the molecule is Cc1cc(F)ccc1C(O)CN(C)C(C)C1CC1. The minimum absolute atomic E-state index is 0.247. The first kappa shape index (κ1) is 13.5. The van der Waals surface area contributed by atoms with Gasteiger partial charge in [0.25, 0.3) is 0 Å². The molecule has 0 aromatic heterocycles. The highest BCUT2D eigenvalue weighted by Gasteiger charge is 2.31. The Kier molecular flexibility index (Phi) is 4.03. The van der Waals surface area contributed by atoms with Crippen LogP contribution in [0.25, 0.3) is 0 Å². The molecule has 18 heavy (non-hydrogen) atoms. The van der Waals surface area contributed by atoms with Crippen molar-refractivity contribution in [2.24, 2.45) is 5.92 Å². The molecule has 1 aromatic carbocycles. The number of hydrogen-bond donors (Lipinski definition) is 1. The molecule has 0 amide bonds. The van der Waals surface area contributed by atoms with Gasteiger partial charge in [0.05, 0.1) is 6.10 Å². The van der Waals surface area contributed by atoms with Gasteiger partial charge in [0.2, 0.25) is 0 Å². The molecule has 1 aliphatic rings. The number of hydrogen-bond acceptors (Lipinski definition) is 2. The Morgan fingerprint density at radius 2 is 2.11 bits per heavy atom. The Balaban J connectivity index is 1.99. The summed E-state index contributed by atoms with van der Waals surface area (Å²) in [6.07, 6.45) is 2.06. The molecular weight excluding hydrogens is 229 g/mol. The number of benzene rings is 1. The molecule has 0 aliphatic heterocycles. The summed E-state index contributed by atoms with van der Waals surface area (Å²) >= 11 is 0. The van der Waals surface area contributed by atoms with Crippen LogP contribution in [0.4, 0.5) is 4.39 Å². The number of halogens is 1. The minimum atomic E-state index is -0.545. The van der Waals surface area contributed by atoms with Crippen molar-refractivity contribution < 1.29 is 9.50 Å². The Morgan fingerprint density at radius 1 is 1.44 bits per heavy atom. The summed E-state index contributed by atoms with van der Waals surface area (Å²) in [5.74, 6) is 0.541. The minimum Gasteiger partial charge on any atom is -0.387 e. The van der Waals surface area contributed by atoms with Crippen LogP contribution in [0.3, 0.4) is 0 Å². The average molecular weight is 251 g/mol. The van der Waals surface area contributed by atoms with Gasteiger partial charge in [-0.2, -0.15) is 0 Å². The molecule has 0 spiro atoms. The molecule has 0 saturated heterocycles. The maximum Gasteiger partial charge on any atom is 0.123 e. The number of aliphatic hydroxyl groups is 1. The molecule has 0 heterocycles. The molecule has 2 atom stereocenters. The Morgan fingerprint density at radius 3 is 2.67 bits per heavy atom. The summed E-state index contributed by atoms with van der Waals surface area (Å²) in [6, 6.07) is 5.09. The maximum absolute atomic E-state index is 13.0. The van der Waals surface area contributed by atoms with Gasteiger partial charge in [-0.3, -0.25) is 0 Å². The Hall–Kier alpha value is -0.930. The Labute approximate surface area is 108 Å². The van der Waals surface area contributed by atoms with E-state index in [1.54, 1.807) is 6.07 Å². The number of aliphatic hydroxyl groups excluding tert-OH is 1. The van der Waals surface area contributed by atoms with Crippen LogP contribution in [0.15, 0.2) is 18.2 Å². The van der Waals surface area contributed by atoms with Crippen LogP contribution in [0.1, 0.15) is 37.0 Å². The molecule has 1 aliphatic carbocycles. The number of aryl methyl sites for hydroxylation is 1. The van der Waals surface area contributed by atoms with E-state index in [4.69, 9.17) is 0 Å². The molecular formula is C15H22FNO. The lowest BCUT2D eigenvalue weighted by Gasteiger charge is -2.27. The van der Waals surface area contributed by atoms with E-state index in [0.717, 1.165) is 17.0 Å². The second kappa shape index (κ2) is 5.37. The highest BCUT2D eigenvalue weighted by molar-refractivity contribution is 5.28. The van der Waals surface area contributed by atoms with Gasteiger partial charge in [-0.05, 0) is 62.9 Å². The summed E-state index contributed by atoms with van der Waals surface area (Å²) < 4.78 is 13.0. The normalized spacial score (nSPS) is 19.0. The summed E-state index contributed by atoms with van der Waals surface area (Å²) in [5.41, 5.74) is 1.64. The van der Waals surface area contributed by atoms with Crippen LogP contribution in [0.2, 0.25) is 0 Å². The van der Waals surface area contributed by atoms with Crippen molar-refractivity contribution in [3.63, 3.8) is 0 Å². The predicted molar refractivity (Wildman–Crippen MR) is 70.9 cm³/mol. The van der Waals surface area contributed by atoms with Crippen LogP contribution < -0.4 is 0 Å². The monoisotopic (exact) mass is 251 g/mol. The fourth-order valence-corrected chi connectivity index (χ4v) is 2.49. The first-order valence-electron chi connectivity index (χ1n) is 6.63. The lowest BCUT2D eigenvalue weighted by Crippen LogP contribution is -2.34. The molecule has 0 radical (unpaired) electrons. The van der Waals surface area contributed by atoms with Crippen LogP contribution in [0, 0.1) is 18.7 Å². The molecule has 1 N–H and O–H groups in total. The molecule has 0 bridgehead atoms.